The first-order chi connectivity index (χ1) is 10.4. The summed E-state index contributed by atoms with van der Waals surface area (Å²) >= 11 is 2.55. The van der Waals surface area contributed by atoms with E-state index in [2.05, 4.69) is 29.6 Å². The lowest BCUT2D eigenvalue weighted by Crippen LogP contribution is -2.26. The van der Waals surface area contributed by atoms with Crippen LogP contribution in [0.3, 0.4) is 0 Å². The van der Waals surface area contributed by atoms with Gasteiger partial charge in [0, 0.05) is 11.1 Å². The molecule has 1 heterocycles. The number of hydrogen-bond donors (Lipinski definition) is 1. The number of ether oxygens (including phenoxy) is 2. The minimum atomic E-state index is -3.85. The highest BCUT2D eigenvalue weighted by Crippen LogP contribution is 2.50. The van der Waals surface area contributed by atoms with Crippen LogP contribution in [0.25, 0.3) is 11.1 Å². The number of halogens is 3. The molecule has 5 nitrogen and oxygen atoms in total. The highest BCUT2D eigenvalue weighted by atomic mass is 79.9. The maximum atomic E-state index is 13.3. The van der Waals surface area contributed by atoms with E-state index in [0.29, 0.717) is 0 Å². The van der Waals surface area contributed by atoms with Crippen LogP contribution in [0.15, 0.2) is 36.4 Å². The summed E-state index contributed by atoms with van der Waals surface area (Å²) in [6.45, 7) is 0. The summed E-state index contributed by atoms with van der Waals surface area (Å²) in [5.74, 6) is -1.63. The van der Waals surface area contributed by atoms with Crippen LogP contribution >= 0.6 is 16.3 Å². The van der Waals surface area contributed by atoms with E-state index in [1.54, 1.807) is 12.1 Å². The van der Waals surface area contributed by atoms with Crippen LogP contribution < -0.4 is 9.47 Å². The number of fused-ring (bicyclic) bond motifs is 1. The molecule has 0 radical (unpaired) electrons. The first-order valence-corrected chi connectivity index (χ1v) is 6.62. The Kier molecular flexibility index (Phi) is 3.40. The number of benzene rings is 2. The van der Waals surface area contributed by atoms with E-state index in [4.69, 9.17) is 0 Å². The molecular weight excluding hydrogens is 366 g/mol. The molecule has 1 aliphatic heterocycles. The third-order valence-electron chi connectivity index (χ3n) is 3.03. The molecule has 2 aromatic rings. The van der Waals surface area contributed by atoms with Gasteiger partial charge in [-0.05, 0) is 18.2 Å². The fraction of sp³-hybridized carbons (Fsp3) is 0.0714. The average Bonchev–Trinajstić information content (AvgIpc) is 2.80. The van der Waals surface area contributed by atoms with Crippen molar-refractivity contribution in [2.24, 2.45) is 0 Å². The molecule has 22 heavy (non-hydrogen) atoms. The van der Waals surface area contributed by atoms with E-state index >= 15 is 0 Å². The van der Waals surface area contributed by atoms with Gasteiger partial charge in [-0.15, -0.1) is 8.78 Å². The van der Waals surface area contributed by atoms with Crippen molar-refractivity contribution in [3.8, 4) is 28.4 Å². The molecule has 0 fully saturated rings. The standard InChI is InChI=1S/C14H7BrF2O5/c15-22-13(19)8-5-6-10-12(21-14(16,17)20-10)11(8)7-3-1-2-4-9(7)18/h1-6,18H. The second-order valence-corrected chi connectivity index (χ2v) is 4.69. The summed E-state index contributed by atoms with van der Waals surface area (Å²) in [7, 11) is 0. The Balaban J connectivity index is 2.29. The maximum absolute atomic E-state index is 13.3. The van der Waals surface area contributed by atoms with E-state index in [-0.39, 0.29) is 33.9 Å². The quantitative estimate of drug-likeness (QED) is 0.867. The first kappa shape index (κ1) is 14.6. The molecule has 1 aliphatic rings. The molecule has 0 bridgehead atoms. The van der Waals surface area contributed by atoms with Gasteiger partial charge in [0.05, 0.1) is 5.56 Å². The monoisotopic (exact) mass is 372 g/mol. The third kappa shape index (κ3) is 2.35. The number of para-hydroxylation sites is 1. The number of aromatic hydroxyl groups is 1. The Hall–Kier alpha value is -2.35. The maximum Gasteiger partial charge on any atom is 0.586 e. The van der Waals surface area contributed by atoms with Gasteiger partial charge in [-0.2, -0.15) is 0 Å². The minimum Gasteiger partial charge on any atom is -0.507 e. The predicted octanol–water partition coefficient (Wildman–Crippen LogP) is 3.85. The SMILES string of the molecule is O=C(OBr)c1ccc2c(c1-c1ccccc1O)OC(F)(F)O2. The Morgan fingerprint density at radius 1 is 1.18 bits per heavy atom. The molecular formula is C14H7BrF2O5. The van der Waals surface area contributed by atoms with Crippen molar-refractivity contribution in [3.05, 3.63) is 42.0 Å². The molecule has 0 amide bonds. The smallest absolute Gasteiger partial charge is 0.507 e. The highest BCUT2D eigenvalue weighted by molar-refractivity contribution is 9.06. The Bertz CT molecular complexity index is 763. The van der Waals surface area contributed by atoms with Crippen LogP contribution in [0.5, 0.6) is 17.2 Å². The Morgan fingerprint density at radius 3 is 2.59 bits per heavy atom. The molecule has 0 aliphatic carbocycles. The highest BCUT2D eigenvalue weighted by Gasteiger charge is 2.45. The van der Waals surface area contributed by atoms with Crippen molar-refractivity contribution in [2.75, 3.05) is 0 Å². The summed E-state index contributed by atoms with van der Waals surface area (Å²) < 4.78 is 39.9. The number of hydrogen-bond acceptors (Lipinski definition) is 5. The zero-order valence-electron chi connectivity index (χ0n) is 10.7. The number of rotatable bonds is 2. The molecule has 0 spiro atoms. The molecule has 0 saturated heterocycles. The number of alkyl halides is 2. The molecule has 0 atom stereocenters. The number of phenols is 1. The second-order valence-electron chi connectivity index (χ2n) is 4.36. The van der Waals surface area contributed by atoms with E-state index in [0.717, 1.165) is 0 Å². The summed E-state index contributed by atoms with van der Waals surface area (Å²) in [6.07, 6.45) is -3.85. The predicted molar refractivity (Wildman–Crippen MR) is 74.1 cm³/mol. The van der Waals surface area contributed by atoms with Gasteiger partial charge in [0.2, 0.25) is 0 Å². The third-order valence-corrected chi connectivity index (χ3v) is 3.33. The van der Waals surface area contributed by atoms with E-state index in [1.165, 1.54) is 24.3 Å². The van der Waals surface area contributed by atoms with Crippen LogP contribution in [-0.2, 0) is 3.83 Å². The number of phenolic OH excluding ortho intramolecular Hbond substituents is 1. The van der Waals surface area contributed by atoms with Crippen LogP contribution in [-0.4, -0.2) is 17.4 Å². The minimum absolute atomic E-state index is 0.0442. The number of carbonyl (C=O) groups excluding carboxylic acids is 1. The lowest BCUT2D eigenvalue weighted by atomic mass is 9.97. The van der Waals surface area contributed by atoms with Crippen LogP contribution in [0.4, 0.5) is 8.78 Å². The van der Waals surface area contributed by atoms with Gasteiger partial charge in [-0.25, -0.2) is 4.79 Å². The van der Waals surface area contributed by atoms with Crippen molar-refractivity contribution in [2.45, 2.75) is 6.29 Å². The van der Waals surface area contributed by atoms with Crippen molar-refractivity contribution < 1.29 is 32.0 Å². The van der Waals surface area contributed by atoms with Crippen molar-refractivity contribution in [3.63, 3.8) is 0 Å². The summed E-state index contributed by atoms with van der Waals surface area (Å²) in [5.41, 5.74) is 0.0178. The zero-order valence-corrected chi connectivity index (χ0v) is 12.3. The summed E-state index contributed by atoms with van der Waals surface area (Å²) in [4.78, 5) is 11.8. The van der Waals surface area contributed by atoms with Gasteiger partial charge < -0.3 is 18.4 Å². The fourth-order valence-electron chi connectivity index (χ4n) is 2.18. The van der Waals surface area contributed by atoms with Crippen LogP contribution in [0, 0.1) is 0 Å². The van der Waals surface area contributed by atoms with Crippen LogP contribution in [0.1, 0.15) is 10.4 Å². The second kappa shape index (κ2) is 5.13. The Labute approximate surface area is 131 Å². The largest absolute Gasteiger partial charge is 0.586 e. The molecule has 2 aromatic carbocycles. The average molecular weight is 373 g/mol. The van der Waals surface area contributed by atoms with Crippen molar-refractivity contribution in [1.29, 1.82) is 0 Å². The van der Waals surface area contributed by atoms with E-state index < -0.39 is 12.3 Å². The Morgan fingerprint density at radius 2 is 1.91 bits per heavy atom. The number of carbonyl (C=O) groups is 1. The normalized spacial score (nSPS) is 14.7. The van der Waals surface area contributed by atoms with Gasteiger partial charge in [-0.3, -0.25) is 0 Å². The fourth-order valence-corrected chi connectivity index (χ4v) is 2.35. The van der Waals surface area contributed by atoms with Gasteiger partial charge in [-0.1, -0.05) is 18.2 Å². The van der Waals surface area contributed by atoms with Gasteiger partial charge in [0.15, 0.2) is 27.8 Å². The van der Waals surface area contributed by atoms with Crippen molar-refractivity contribution >= 4 is 22.2 Å². The van der Waals surface area contributed by atoms with Gasteiger partial charge in [0.25, 0.3) is 0 Å². The molecule has 114 valence electrons. The first-order valence-electron chi connectivity index (χ1n) is 5.97. The van der Waals surface area contributed by atoms with Gasteiger partial charge in [0.1, 0.15) is 5.75 Å². The van der Waals surface area contributed by atoms with E-state index in [9.17, 15) is 18.7 Å². The van der Waals surface area contributed by atoms with Crippen LogP contribution in [0.2, 0.25) is 0 Å². The van der Waals surface area contributed by atoms with E-state index in [1.807, 2.05) is 0 Å². The summed E-state index contributed by atoms with van der Waals surface area (Å²) in [5, 5.41) is 9.96. The topological polar surface area (TPSA) is 65.0 Å². The zero-order chi connectivity index (χ0) is 15.9. The van der Waals surface area contributed by atoms with Gasteiger partial charge >= 0.3 is 12.3 Å². The lowest BCUT2D eigenvalue weighted by molar-refractivity contribution is -0.286. The molecule has 1 N–H and O–H groups in total. The van der Waals surface area contributed by atoms with Crippen molar-refractivity contribution in [1.82, 2.24) is 0 Å². The summed E-state index contributed by atoms with van der Waals surface area (Å²) in [6, 6.07) is 8.34. The molecule has 3 rings (SSSR count). The molecule has 8 heteroatoms. The lowest BCUT2D eigenvalue weighted by Gasteiger charge is -2.12. The molecule has 0 unspecified atom stereocenters. The molecule has 0 aromatic heterocycles. The molecule has 0 saturated carbocycles.